The number of hydrogen-bond donors (Lipinski definition) is 0. The summed E-state index contributed by atoms with van der Waals surface area (Å²) in [5.41, 5.74) is 1.27. The van der Waals surface area contributed by atoms with Gasteiger partial charge < -0.3 is 9.80 Å². The van der Waals surface area contributed by atoms with E-state index in [0.29, 0.717) is 5.75 Å². The first-order valence-corrected chi connectivity index (χ1v) is 8.83. The van der Waals surface area contributed by atoms with Crippen LogP contribution in [0.4, 0.5) is 0 Å². The number of amides is 2. The maximum Gasteiger partial charge on any atom is 0.233 e. The van der Waals surface area contributed by atoms with E-state index in [4.69, 9.17) is 0 Å². The van der Waals surface area contributed by atoms with E-state index in [1.54, 1.807) is 18.7 Å². The van der Waals surface area contributed by atoms with Crippen molar-refractivity contribution in [3.8, 4) is 0 Å². The Bertz CT molecular complexity index is 553. The fourth-order valence-electron chi connectivity index (χ4n) is 3.38. The molecule has 4 nitrogen and oxygen atoms in total. The molecule has 0 bridgehead atoms. The highest BCUT2D eigenvalue weighted by Gasteiger charge is 2.47. The summed E-state index contributed by atoms with van der Waals surface area (Å²) in [6.45, 7) is 3.92. The van der Waals surface area contributed by atoms with Gasteiger partial charge in [0.05, 0.1) is 10.6 Å². The summed E-state index contributed by atoms with van der Waals surface area (Å²) in [7, 11) is 0. The number of rotatable bonds is 3. The zero-order chi connectivity index (χ0) is 15.6. The monoisotopic (exact) mass is 318 g/mol. The van der Waals surface area contributed by atoms with Gasteiger partial charge in [-0.15, -0.1) is 11.8 Å². The van der Waals surface area contributed by atoms with Crippen molar-refractivity contribution in [2.45, 2.75) is 31.1 Å². The maximum atomic E-state index is 12.3. The average molecular weight is 318 g/mol. The number of thioether (sulfide) groups is 1. The van der Waals surface area contributed by atoms with E-state index in [1.807, 2.05) is 23.1 Å². The Labute approximate surface area is 135 Å². The zero-order valence-corrected chi connectivity index (χ0v) is 13.8. The molecule has 0 N–H and O–H groups in total. The molecule has 22 heavy (non-hydrogen) atoms. The third-order valence-corrected chi connectivity index (χ3v) is 6.27. The van der Waals surface area contributed by atoms with Crippen molar-refractivity contribution < 1.29 is 9.59 Å². The summed E-state index contributed by atoms with van der Waals surface area (Å²) in [5, 5.41) is 0. The first kappa shape index (κ1) is 15.4. The van der Waals surface area contributed by atoms with E-state index in [0.717, 1.165) is 38.9 Å². The standard InChI is InChI=1S/C17H22N2O2S/c1-14(20)18-11-8-17(9-12-18)19(16(21)13-22-17)10-7-15-5-3-2-4-6-15/h2-6H,7-13H2,1H3. The molecule has 2 fully saturated rings. The van der Waals surface area contributed by atoms with Gasteiger partial charge in [0.25, 0.3) is 0 Å². The number of likely N-dealkylation sites (tertiary alicyclic amines) is 1. The molecule has 118 valence electrons. The van der Waals surface area contributed by atoms with Crippen molar-refractivity contribution in [1.29, 1.82) is 0 Å². The van der Waals surface area contributed by atoms with Gasteiger partial charge in [0, 0.05) is 26.6 Å². The van der Waals surface area contributed by atoms with Crippen LogP contribution in [0.1, 0.15) is 25.3 Å². The highest BCUT2D eigenvalue weighted by Crippen LogP contribution is 2.44. The summed E-state index contributed by atoms with van der Waals surface area (Å²) < 4.78 is 0. The molecule has 3 rings (SSSR count). The van der Waals surface area contributed by atoms with Crippen LogP contribution in [0.3, 0.4) is 0 Å². The molecule has 5 heteroatoms. The predicted molar refractivity (Wildman–Crippen MR) is 88.5 cm³/mol. The summed E-state index contributed by atoms with van der Waals surface area (Å²) in [6.07, 6.45) is 2.67. The van der Waals surface area contributed by atoms with E-state index >= 15 is 0 Å². The topological polar surface area (TPSA) is 40.6 Å². The van der Waals surface area contributed by atoms with Crippen molar-refractivity contribution in [3.05, 3.63) is 35.9 Å². The minimum atomic E-state index is -0.0855. The van der Waals surface area contributed by atoms with Crippen molar-refractivity contribution in [2.24, 2.45) is 0 Å². The Morgan fingerprint density at radius 2 is 1.91 bits per heavy atom. The maximum absolute atomic E-state index is 12.3. The van der Waals surface area contributed by atoms with Gasteiger partial charge in [0.1, 0.15) is 0 Å². The molecule has 2 amide bonds. The molecule has 2 aliphatic heterocycles. The van der Waals surface area contributed by atoms with Crippen LogP contribution in [-0.4, -0.2) is 51.9 Å². The highest BCUT2D eigenvalue weighted by molar-refractivity contribution is 8.01. The van der Waals surface area contributed by atoms with Gasteiger partial charge in [0.15, 0.2) is 0 Å². The fourth-order valence-corrected chi connectivity index (χ4v) is 4.75. The molecular formula is C17H22N2O2S. The number of piperidine rings is 1. The second kappa shape index (κ2) is 6.32. The third-order valence-electron chi connectivity index (χ3n) is 4.71. The van der Waals surface area contributed by atoms with Crippen LogP contribution >= 0.6 is 11.8 Å². The van der Waals surface area contributed by atoms with Gasteiger partial charge in [-0.2, -0.15) is 0 Å². The average Bonchev–Trinajstić information content (AvgIpc) is 2.83. The van der Waals surface area contributed by atoms with Crippen molar-refractivity contribution in [2.75, 3.05) is 25.4 Å². The number of benzene rings is 1. The van der Waals surface area contributed by atoms with Crippen LogP contribution in [-0.2, 0) is 16.0 Å². The molecule has 1 spiro atoms. The molecule has 2 aliphatic rings. The Kier molecular flexibility index (Phi) is 4.43. The lowest BCUT2D eigenvalue weighted by atomic mass is 10.0. The molecule has 2 saturated heterocycles. The van der Waals surface area contributed by atoms with Crippen molar-refractivity contribution >= 4 is 23.6 Å². The molecule has 0 radical (unpaired) electrons. The normalized spacial score (nSPS) is 20.7. The quantitative estimate of drug-likeness (QED) is 0.857. The van der Waals surface area contributed by atoms with Gasteiger partial charge in [-0.25, -0.2) is 0 Å². The second-order valence-electron chi connectivity index (χ2n) is 6.02. The number of hydrogen-bond acceptors (Lipinski definition) is 3. The van der Waals surface area contributed by atoms with Crippen LogP contribution in [0.2, 0.25) is 0 Å². The molecule has 0 aromatic heterocycles. The summed E-state index contributed by atoms with van der Waals surface area (Å²) in [5.74, 6) is 0.965. The summed E-state index contributed by atoms with van der Waals surface area (Å²) in [4.78, 5) is 27.7. The van der Waals surface area contributed by atoms with Crippen molar-refractivity contribution in [3.63, 3.8) is 0 Å². The van der Waals surface area contributed by atoms with Crippen LogP contribution < -0.4 is 0 Å². The fraction of sp³-hybridized carbons (Fsp3) is 0.529. The minimum Gasteiger partial charge on any atom is -0.343 e. The summed E-state index contributed by atoms with van der Waals surface area (Å²) in [6, 6.07) is 10.3. The van der Waals surface area contributed by atoms with Gasteiger partial charge in [-0.3, -0.25) is 9.59 Å². The van der Waals surface area contributed by atoms with Gasteiger partial charge in [0.2, 0.25) is 11.8 Å². The van der Waals surface area contributed by atoms with E-state index in [-0.39, 0.29) is 16.7 Å². The Morgan fingerprint density at radius 1 is 1.23 bits per heavy atom. The Hall–Kier alpha value is -1.49. The van der Waals surface area contributed by atoms with Crippen LogP contribution in [0, 0.1) is 0 Å². The second-order valence-corrected chi connectivity index (χ2v) is 7.36. The Balaban J connectivity index is 1.66. The lowest BCUT2D eigenvalue weighted by Gasteiger charge is -2.44. The molecule has 2 heterocycles. The van der Waals surface area contributed by atoms with Crippen LogP contribution in [0.25, 0.3) is 0 Å². The predicted octanol–water partition coefficient (Wildman–Crippen LogP) is 2.14. The van der Waals surface area contributed by atoms with E-state index in [9.17, 15) is 9.59 Å². The SMILES string of the molecule is CC(=O)N1CCC2(CC1)SCC(=O)N2CCc1ccccc1. The third kappa shape index (κ3) is 3.00. The largest absolute Gasteiger partial charge is 0.343 e. The van der Waals surface area contributed by atoms with Gasteiger partial charge in [-0.1, -0.05) is 30.3 Å². The first-order valence-electron chi connectivity index (χ1n) is 7.85. The van der Waals surface area contributed by atoms with Crippen LogP contribution in [0.15, 0.2) is 30.3 Å². The minimum absolute atomic E-state index is 0.0855. The van der Waals surface area contributed by atoms with Gasteiger partial charge >= 0.3 is 0 Å². The molecule has 0 unspecified atom stereocenters. The number of nitrogens with zero attached hydrogens (tertiary/aromatic N) is 2. The first-order chi connectivity index (χ1) is 10.6. The molecular weight excluding hydrogens is 296 g/mol. The lowest BCUT2D eigenvalue weighted by molar-refractivity contribution is -0.133. The molecule has 0 saturated carbocycles. The number of carbonyl (C=O) groups is 2. The molecule has 1 aromatic rings. The summed E-state index contributed by atoms with van der Waals surface area (Å²) >= 11 is 1.77. The smallest absolute Gasteiger partial charge is 0.233 e. The van der Waals surface area contributed by atoms with Gasteiger partial charge in [-0.05, 0) is 24.8 Å². The van der Waals surface area contributed by atoms with E-state index in [2.05, 4.69) is 17.0 Å². The molecule has 0 atom stereocenters. The zero-order valence-electron chi connectivity index (χ0n) is 13.0. The van der Waals surface area contributed by atoms with Crippen molar-refractivity contribution in [1.82, 2.24) is 9.80 Å². The molecule has 0 aliphatic carbocycles. The number of carbonyl (C=O) groups excluding carboxylic acids is 2. The molecule has 1 aromatic carbocycles. The van der Waals surface area contributed by atoms with E-state index < -0.39 is 0 Å². The van der Waals surface area contributed by atoms with E-state index in [1.165, 1.54) is 5.56 Å². The Morgan fingerprint density at radius 3 is 2.55 bits per heavy atom. The lowest BCUT2D eigenvalue weighted by Crippen LogP contribution is -2.53. The van der Waals surface area contributed by atoms with Crippen LogP contribution in [0.5, 0.6) is 0 Å². The highest BCUT2D eigenvalue weighted by atomic mass is 32.2.